The van der Waals surface area contributed by atoms with Crippen LogP contribution in [0.25, 0.3) is 0 Å². The van der Waals surface area contributed by atoms with Gasteiger partial charge in [-0.3, -0.25) is 4.79 Å². The van der Waals surface area contributed by atoms with Crippen LogP contribution in [-0.4, -0.2) is 16.9 Å². The molecule has 6 heteroatoms. The van der Waals surface area contributed by atoms with E-state index in [1.165, 1.54) is 16.8 Å². The van der Waals surface area contributed by atoms with Gasteiger partial charge in [-0.15, -0.1) is 11.3 Å². The Morgan fingerprint density at radius 1 is 0.767 bits per heavy atom. The molecule has 4 aromatic rings. The van der Waals surface area contributed by atoms with Crippen LogP contribution in [-0.2, 0) is 15.1 Å². The lowest BCUT2D eigenvalue weighted by Gasteiger charge is -2.36. The number of hydrogen-bond acceptors (Lipinski definition) is 5. The smallest absolute Gasteiger partial charge is 0.399 e. The summed E-state index contributed by atoms with van der Waals surface area (Å²) in [6.07, 6.45) is 0. The highest BCUT2D eigenvalue weighted by Gasteiger charge is 2.39. The van der Waals surface area contributed by atoms with Crippen molar-refractivity contribution in [3.05, 3.63) is 119 Å². The molecule has 1 aromatic heterocycles. The molecule has 1 heterocycles. The number of carbonyl (C=O) groups is 2. The summed E-state index contributed by atoms with van der Waals surface area (Å²) in [5, 5.41) is 4.51. The molecule has 0 bridgehead atoms. The monoisotopic (exact) mass is 414 g/mol. The van der Waals surface area contributed by atoms with Gasteiger partial charge < -0.3 is 10.1 Å². The summed E-state index contributed by atoms with van der Waals surface area (Å²) < 4.78 is 5.12. The normalized spacial score (nSPS) is 10.9. The molecule has 0 radical (unpaired) electrons. The number of thiazole rings is 1. The zero-order chi connectivity index (χ0) is 20.8. The number of nitrogens with one attached hydrogen (secondary N) is 1. The van der Waals surface area contributed by atoms with Crippen LogP contribution < -0.4 is 10.1 Å². The fraction of sp³-hybridized carbons (Fsp3) is 0.0417. The Labute approximate surface area is 178 Å². The van der Waals surface area contributed by atoms with Crippen molar-refractivity contribution in [2.45, 2.75) is 5.54 Å². The minimum absolute atomic E-state index is 0.102. The summed E-state index contributed by atoms with van der Waals surface area (Å²) in [6.45, 7) is 0. The molecule has 5 nitrogen and oxygen atoms in total. The molecule has 0 saturated heterocycles. The maximum Gasteiger partial charge on any atom is 0.403 e. The van der Waals surface area contributed by atoms with Gasteiger partial charge in [0.1, 0.15) is 5.54 Å². The summed E-state index contributed by atoms with van der Waals surface area (Å²) >= 11 is 1.28. The molecule has 0 aliphatic heterocycles. The highest BCUT2D eigenvalue weighted by molar-refractivity contribution is 7.07. The van der Waals surface area contributed by atoms with Crippen LogP contribution in [0.5, 0.6) is 5.88 Å². The maximum absolute atomic E-state index is 13.0. The topological polar surface area (TPSA) is 68.3 Å². The minimum atomic E-state index is -1.08. The molecule has 148 valence electrons. The number of hydrogen-bond donors (Lipinski definition) is 1. The minimum Gasteiger partial charge on any atom is -0.399 e. The number of ether oxygens (including phenoxy) is 1. The molecule has 0 saturated carbocycles. The molecule has 1 N–H and O–H groups in total. The Bertz CT molecular complexity index is 1020. The highest BCUT2D eigenvalue weighted by Crippen LogP contribution is 2.36. The summed E-state index contributed by atoms with van der Waals surface area (Å²) in [4.78, 5) is 29.4. The number of amides is 1. The van der Waals surface area contributed by atoms with E-state index in [-0.39, 0.29) is 5.88 Å². The van der Waals surface area contributed by atoms with Gasteiger partial charge in [0, 0.05) is 0 Å². The van der Waals surface area contributed by atoms with Crippen molar-refractivity contribution in [2.75, 3.05) is 0 Å². The second-order valence-electron chi connectivity index (χ2n) is 6.52. The van der Waals surface area contributed by atoms with Crippen LogP contribution in [0.1, 0.15) is 16.7 Å². The van der Waals surface area contributed by atoms with E-state index in [0.29, 0.717) is 0 Å². The third-order valence-electron chi connectivity index (χ3n) is 4.71. The van der Waals surface area contributed by atoms with Crippen molar-refractivity contribution >= 4 is 23.2 Å². The SMILES string of the molecule is O=C(NC(c1ccccc1)(c1ccccc1)c1ccccc1)C(=O)Oc1cscn1. The van der Waals surface area contributed by atoms with Gasteiger partial charge in [-0.25, -0.2) is 9.78 Å². The molecule has 0 spiro atoms. The van der Waals surface area contributed by atoms with Crippen molar-refractivity contribution in [1.29, 1.82) is 0 Å². The van der Waals surface area contributed by atoms with Crippen LogP contribution in [0.2, 0.25) is 0 Å². The molecule has 1 amide bonds. The number of rotatable bonds is 5. The predicted octanol–water partition coefficient (Wildman–Crippen LogP) is 4.16. The van der Waals surface area contributed by atoms with E-state index in [4.69, 9.17) is 4.74 Å². The van der Waals surface area contributed by atoms with Gasteiger partial charge in [-0.2, -0.15) is 0 Å². The molecule has 0 aliphatic rings. The highest BCUT2D eigenvalue weighted by atomic mass is 32.1. The Morgan fingerprint density at radius 3 is 1.63 bits per heavy atom. The van der Waals surface area contributed by atoms with Gasteiger partial charge in [-0.05, 0) is 16.7 Å². The van der Waals surface area contributed by atoms with E-state index in [2.05, 4.69) is 10.3 Å². The zero-order valence-electron chi connectivity index (χ0n) is 15.9. The average molecular weight is 414 g/mol. The van der Waals surface area contributed by atoms with Crippen molar-refractivity contribution in [2.24, 2.45) is 0 Å². The molecule has 30 heavy (non-hydrogen) atoms. The van der Waals surface area contributed by atoms with Crippen molar-refractivity contribution in [1.82, 2.24) is 10.3 Å². The van der Waals surface area contributed by atoms with Gasteiger partial charge >= 0.3 is 11.9 Å². The Hall–Kier alpha value is -3.77. The first kappa shape index (κ1) is 19.5. The lowest BCUT2D eigenvalue weighted by molar-refractivity contribution is -0.149. The van der Waals surface area contributed by atoms with E-state index < -0.39 is 17.4 Å². The van der Waals surface area contributed by atoms with Gasteiger partial charge in [-0.1, -0.05) is 91.0 Å². The lowest BCUT2D eigenvalue weighted by atomic mass is 9.77. The standard InChI is InChI=1S/C24H18N2O3S/c27-22(23(28)29-21-16-30-17-25-21)26-24(18-10-4-1-5-11-18,19-12-6-2-7-13-19)20-14-8-3-9-15-20/h1-17H,(H,26,27). The first-order valence-corrected chi connectivity index (χ1v) is 10.2. The van der Waals surface area contributed by atoms with E-state index in [1.54, 1.807) is 5.38 Å². The van der Waals surface area contributed by atoms with Gasteiger partial charge in [0.25, 0.3) is 0 Å². The fourth-order valence-corrected chi connectivity index (χ4v) is 3.85. The van der Waals surface area contributed by atoms with Gasteiger partial charge in [0.15, 0.2) is 0 Å². The third kappa shape index (κ3) is 3.86. The molecular weight excluding hydrogens is 396 g/mol. The summed E-state index contributed by atoms with van der Waals surface area (Å²) in [5.74, 6) is -1.78. The van der Waals surface area contributed by atoms with Crippen LogP contribution in [0.3, 0.4) is 0 Å². The van der Waals surface area contributed by atoms with Gasteiger partial charge in [0.05, 0.1) is 10.9 Å². The van der Waals surface area contributed by atoms with E-state index >= 15 is 0 Å². The average Bonchev–Trinajstić information content (AvgIpc) is 3.32. The molecule has 0 unspecified atom stereocenters. The number of esters is 1. The first-order valence-electron chi connectivity index (χ1n) is 9.29. The second kappa shape index (κ2) is 8.71. The quantitative estimate of drug-likeness (QED) is 0.303. The number of benzene rings is 3. The number of nitrogens with zero attached hydrogens (tertiary/aromatic N) is 1. The van der Waals surface area contributed by atoms with Crippen LogP contribution in [0.4, 0.5) is 0 Å². The van der Waals surface area contributed by atoms with Crippen LogP contribution >= 0.6 is 11.3 Å². The van der Waals surface area contributed by atoms with E-state index in [1.807, 2.05) is 91.0 Å². The molecule has 0 atom stereocenters. The largest absolute Gasteiger partial charge is 0.403 e. The van der Waals surface area contributed by atoms with Crippen molar-refractivity contribution < 1.29 is 14.3 Å². The summed E-state index contributed by atoms with van der Waals surface area (Å²) in [7, 11) is 0. The Balaban J connectivity index is 1.82. The Morgan fingerprint density at radius 2 is 1.23 bits per heavy atom. The number of carbonyl (C=O) groups excluding carboxylic acids is 2. The second-order valence-corrected chi connectivity index (χ2v) is 7.24. The molecule has 0 fully saturated rings. The third-order valence-corrected chi connectivity index (χ3v) is 5.28. The Kier molecular flexibility index (Phi) is 5.68. The number of aromatic nitrogens is 1. The van der Waals surface area contributed by atoms with Gasteiger partial charge in [0.2, 0.25) is 5.88 Å². The zero-order valence-corrected chi connectivity index (χ0v) is 16.7. The lowest BCUT2D eigenvalue weighted by Crippen LogP contribution is -2.51. The molecule has 4 rings (SSSR count). The summed E-state index contributed by atoms with van der Waals surface area (Å²) in [6, 6.07) is 28.6. The van der Waals surface area contributed by atoms with Crippen molar-refractivity contribution in [3.63, 3.8) is 0 Å². The van der Waals surface area contributed by atoms with Crippen LogP contribution in [0.15, 0.2) is 102 Å². The van der Waals surface area contributed by atoms with E-state index in [9.17, 15) is 9.59 Å². The van der Waals surface area contributed by atoms with E-state index in [0.717, 1.165) is 16.7 Å². The fourth-order valence-electron chi connectivity index (χ4n) is 3.40. The first-order chi connectivity index (χ1) is 14.7. The molecular formula is C24H18N2O3S. The van der Waals surface area contributed by atoms with Crippen molar-refractivity contribution in [3.8, 4) is 5.88 Å². The summed E-state index contributed by atoms with van der Waals surface area (Å²) in [5.41, 5.74) is 2.90. The van der Waals surface area contributed by atoms with Crippen LogP contribution in [0, 0.1) is 0 Å². The molecule has 0 aliphatic carbocycles. The predicted molar refractivity (Wildman–Crippen MR) is 115 cm³/mol. The molecule has 3 aromatic carbocycles. The maximum atomic E-state index is 13.0.